The summed E-state index contributed by atoms with van der Waals surface area (Å²) >= 11 is 0. The van der Waals surface area contributed by atoms with E-state index in [-0.39, 0.29) is 0 Å². The number of hydrogen-bond acceptors (Lipinski definition) is 4. The second-order valence-electron chi connectivity index (χ2n) is 3.73. The van der Waals surface area contributed by atoms with E-state index in [9.17, 15) is 4.57 Å². The predicted octanol–water partition coefficient (Wildman–Crippen LogP) is 3.62. The number of hydroxylamine groups is 1. The highest BCUT2D eigenvalue weighted by molar-refractivity contribution is 7.51. The molecule has 0 aromatic heterocycles. The number of nitrogens with zero attached hydrogens (tertiary/aromatic N) is 1. The van der Waals surface area contributed by atoms with Gasteiger partial charge in [0, 0.05) is 6.54 Å². The Morgan fingerprint density at radius 3 is 2.11 bits per heavy atom. The highest BCUT2D eigenvalue weighted by Gasteiger charge is 2.33. The minimum atomic E-state index is -3.36. The third-order valence-corrected chi connectivity index (χ3v) is 4.46. The maximum Gasteiger partial charge on any atom is 0.431 e. The molecule has 0 aliphatic carbocycles. The molecule has 0 heterocycles. The van der Waals surface area contributed by atoms with Crippen LogP contribution in [-0.2, 0) is 25.1 Å². The van der Waals surface area contributed by atoms with Gasteiger partial charge in [-0.1, -0.05) is 35.2 Å². The van der Waals surface area contributed by atoms with Crippen molar-refractivity contribution in [2.45, 2.75) is 27.4 Å². The van der Waals surface area contributed by atoms with Crippen LogP contribution in [0.1, 0.15) is 26.3 Å². The van der Waals surface area contributed by atoms with E-state index in [2.05, 4.69) is 0 Å². The van der Waals surface area contributed by atoms with Crippen molar-refractivity contribution in [3.8, 4) is 0 Å². The number of hydrogen-bond donors (Lipinski definition) is 0. The van der Waals surface area contributed by atoms with Crippen molar-refractivity contribution in [3.05, 3.63) is 35.9 Å². The average molecular weight is 287 g/mol. The van der Waals surface area contributed by atoms with Crippen LogP contribution in [0.2, 0.25) is 0 Å². The molecule has 0 atom stereocenters. The summed E-state index contributed by atoms with van der Waals surface area (Å²) < 4.78 is 23.0. The lowest BCUT2D eigenvalue weighted by atomic mass is 10.2. The van der Waals surface area contributed by atoms with E-state index in [1.807, 2.05) is 37.3 Å². The molecule has 0 N–H and O–H groups in total. The van der Waals surface area contributed by atoms with Crippen molar-refractivity contribution in [3.63, 3.8) is 0 Å². The molecule has 6 heteroatoms. The smallest absolute Gasteiger partial charge is 0.296 e. The van der Waals surface area contributed by atoms with Crippen molar-refractivity contribution < 1.29 is 18.5 Å². The van der Waals surface area contributed by atoms with Crippen LogP contribution in [-0.4, -0.2) is 24.6 Å². The van der Waals surface area contributed by atoms with Gasteiger partial charge in [-0.05, 0) is 26.3 Å². The number of rotatable bonds is 9. The molecule has 0 aliphatic rings. The minimum Gasteiger partial charge on any atom is -0.296 e. The largest absolute Gasteiger partial charge is 0.431 e. The highest BCUT2D eigenvalue weighted by atomic mass is 31.2. The SMILES string of the molecule is CCOP(=O)(OCC)N(CC)OCc1ccccc1. The molecular weight excluding hydrogens is 265 g/mol. The first-order chi connectivity index (χ1) is 9.16. The van der Waals surface area contributed by atoms with E-state index in [0.29, 0.717) is 26.4 Å². The van der Waals surface area contributed by atoms with Crippen LogP contribution in [0.3, 0.4) is 0 Å². The molecule has 0 bridgehead atoms. The lowest BCUT2D eigenvalue weighted by Crippen LogP contribution is -2.23. The Hall–Kier alpha value is -0.710. The van der Waals surface area contributed by atoms with Crippen LogP contribution in [0.15, 0.2) is 30.3 Å². The lowest BCUT2D eigenvalue weighted by molar-refractivity contribution is -0.118. The van der Waals surface area contributed by atoms with Gasteiger partial charge in [0.25, 0.3) is 0 Å². The first-order valence-electron chi connectivity index (χ1n) is 6.50. The Bertz CT molecular complexity index is 389. The minimum absolute atomic E-state index is 0.308. The summed E-state index contributed by atoms with van der Waals surface area (Å²) in [4.78, 5) is 6.87. The average Bonchev–Trinajstić information content (AvgIpc) is 2.41. The third-order valence-electron chi connectivity index (χ3n) is 2.35. The molecule has 0 aliphatic heterocycles. The van der Waals surface area contributed by atoms with Gasteiger partial charge in [0.05, 0.1) is 19.8 Å². The monoisotopic (exact) mass is 287 g/mol. The van der Waals surface area contributed by atoms with Crippen LogP contribution in [0.4, 0.5) is 0 Å². The van der Waals surface area contributed by atoms with Crippen molar-refractivity contribution in [1.82, 2.24) is 4.83 Å². The van der Waals surface area contributed by atoms with E-state index in [4.69, 9.17) is 13.9 Å². The summed E-state index contributed by atoms with van der Waals surface area (Å²) in [5, 5.41) is 0. The Morgan fingerprint density at radius 1 is 1.05 bits per heavy atom. The fourth-order valence-corrected chi connectivity index (χ4v) is 3.08. The zero-order chi connectivity index (χ0) is 14.1. The van der Waals surface area contributed by atoms with Gasteiger partial charge in [-0.2, -0.15) is 0 Å². The van der Waals surface area contributed by atoms with Crippen molar-refractivity contribution in [2.75, 3.05) is 19.8 Å². The molecular formula is C13H22NO4P. The molecule has 1 aromatic carbocycles. The summed E-state index contributed by atoms with van der Waals surface area (Å²) in [7, 11) is -3.36. The first-order valence-corrected chi connectivity index (χ1v) is 7.99. The highest BCUT2D eigenvalue weighted by Crippen LogP contribution is 2.51. The molecule has 0 amide bonds. The summed E-state index contributed by atoms with van der Waals surface area (Å²) in [5.74, 6) is 0. The lowest BCUT2D eigenvalue weighted by Gasteiger charge is -2.27. The summed E-state index contributed by atoms with van der Waals surface area (Å²) in [6.07, 6.45) is 0. The quantitative estimate of drug-likeness (QED) is 0.513. The second-order valence-corrected chi connectivity index (χ2v) is 5.63. The van der Waals surface area contributed by atoms with Gasteiger partial charge < -0.3 is 0 Å². The third kappa shape index (κ3) is 5.05. The van der Waals surface area contributed by atoms with E-state index in [0.717, 1.165) is 5.56 Å². The molecule has 0 radical (unpaired) electrons. The molecule has 0 saturated heterocycles. The van der Waals surface area contributed by atoms with Crippen LogP contribution < -0.4 is 0 Å². The van der Waals surface area contributed by atoms with Gasteiger partial charge in [0.2, 0.25) is 0 Å². The van der Waals surface area contributed by atoms with Gasteiger partial charge in [0.1, 0.15) is 0 Å². The molecule has 0 saturated carbocycles. The van der Waals surface area contributed by atoms with Gasteiger partial charge in [0.15, 0.2) is 0 Å². The van der Waals surface area contributed by atoms with Crippen molar-refractivity contribution >= 4 is 7.75 Å². The van der Waals surface area contributed by atoms with Gasteiger partial charge in [-0.25, -0.2) is 4.57 Å². The molecule has 1 rings (SSSR count). The first kappa shape index (κ1) is 16.3. The molecule has 5 nitrogen and oxygen atoms in total. The van der Waals surface area contributed by atoms with Crippen molar-refractivity contribution in [2.24, 2.45) is 0 Å². The standard InChI is InChI=1S/C13H22NO4P/c1-4-14(19(15,17-5-2)18-6-3)16-12-13-10-8-7-9-11-13/h7-11H,4-6,12H2,1-3H3. The molecule has 0 unspecified atom stereocenters. The van der Waals surface area contributed by atoms with Crippen molar-refractivity contribution in [1.29, 1.82) is 0 Å². The van der Waals surface area contributed by atoms with Crippen LogP contribution >= 0.6 is 7.75 Å². The van der Waals surface area contributed by atoms with E-state index in [1.54, 1.807) is 13.8 Å². The van der Waals surface area contributed by atoms with Gasteiger partial charge >= 0.3 is 7.75 Å². The van der Waals surface area contributed by atoms with E-state index >= 15 is 0 Å². The van der Waals surface area contributed by atoms with E-state index < -0.39 is 7.75 Å². The Morgan fingerprint density at radius 2 is 1.63 bits per heavy atom. The summed E-state index contributed by atoms with van der Waals surface area (Å²) in [6, 6.07) is 9.69. The number of benzene rings is 1. The van der Waals surface area contributed by atoms with Crippen LogP contribution in [0.5, 0.6) is 0 Å². The molecule has 1 aromatic rings. The topological polar surface area (TPSA) is 48.0 Å². The van der Waals surface area contributed by atoms with Crippen LogP contribution in [0.25, 0.3) is 0 Å². The Balaban J connectivity index is 2.67. The Labute approximate surface area is 115 Å². The van der Waals surface area contributed by atoms with E-state index in [1.165, 1.54) is 4.83 Å². The fraction of sp³-hybridized carbons (Fsp3) is 0.538. The normalized spacial score (nSPS) is 12.0. The van der Waals surface area contributed by atoms with Gasteiger partial charge in [-0.3, -0.25) is 13.9 Å². The molecule has 108 valence electrons. The Kier molecular flexibility index (Phi) is 7.28. The summed E-state index contributed by atoms with van der Waals surface area (Å²) in [5.41, 5.74) is 1.00. The van der Waals surface area contributed by atoms with Gasteiger partial charge in [-0.15, -0.1) is 0 Å². The second kappa shape index (κ2) is 8.46. The zero-order valence-electron chi connectivity index (χ0n) is 11.7. The molecule has 0 fully saturated rings. The predicted molar refractivity (Wildman–Crippen MR) is 74.5 cm³/mol. The fourth-order valence-electron chi connectivity index (χ4n) is 1.55. The molecule has 0 spiro atoms. The molecule has 19 heavy (non-hydrogen) atoms. The maximum absolute atomic E-state index is 12.5. The van der Waals surface area contributed by atoms with Crippen LogP contribution in [0, 0.1) is 0 Å². The zero-order valence-corrected chi connectivity index (χ0v) is 12.6. The summed E-state index contributed by atoms with van der Waals surface area (Å²) in [6.45, 7) is 6.76. The maximum atomic E-state index is 12.5.